The van der Waals surface area contributed by atoms with Crippen LogP contribution in [0, 0.1) is 12.3 Å². The highest BCUT2D eigenvalue weighted by Crippen LogP contribution is 2.24. The van der Waals surface area contributed by atoms with Gasteiger partial charge >= 0.3 is 6.09 Å². The summed E-state index contributed by atoms with van der Waals surface area (Å²) in [5, 5.41) is 3.17. The normalized spacial score (nSPS) is 11.6. The summed E-state index contributed by atoms with van der Waals surface area (Å²) in [4.78, 5) is 11.8. The number of thiocarbonyl (C=S) groups is 1. The summed E-state index contributed by atoms with van der Waals surface area (Å²) in [6, 6.07) is 5.78. The Morgan fingerprint density at radius 1 is 1.20 bits per heavy atom. The maximum absolute atomic E-state index is 11.8. The first-order valence-corrected chi connectivity index (χ1v) is 8.63. The van der Waals surface area contributed by atoms with E-state index in [0.29, 0.717) is 24.0 Å². The number of carbonyl (C=O) groups excluding carboxylic acids is 1. The molecule has 5 nitrogen and oxygen atoms in total. The van der Waals surface area contributed by atoms with Gasteiger partial charge in [-0.2, -0.15) is 0 Å². The van der Waals surface area contributed by atoms with E-state index in [0.717, 1.165) is 11.1 Å². The fraction of sp³-hybridized carbons (Fsp3) is 0.579. The summed E-state index contributed by atoms with van der Waals surface area (Å²) in [7, 11) is 1.54. The van der Waals surface area contributed by atoms with Crippen molar-refractivity contribution in [2.24, 2.45) is 5.41 Å². The van der Waals surface area contributed by atoms with Gasteiger partial charge in [0.15, 0.2) is 5.05 Å². The Bertz CT molecular complexity index is 620. The van der Waals surface area contributed by atoms with Crippen molar-refractivity contribution in [1.82, 2.24) is 5.32 Å². The summed E-state index contributed by atoms with van der Waals surface area (Å²) in [6.45, 7) is 12.3. The first-order valence-electron chi connectivity index (χ1n) is 8.22. The standard InChI is InChI=1S/C19H29NO4S/c1-13-8-9-14(16(25)22-7)15(10-13)23-12-19(5,6)11-20-17(21)24-18(2,3)4/h8-10H,11-12H2,1-7H3,(H,20,21). The molecule has 0 aliphatic heterocycles. The van der Waals surface area contributed by atoms with Crippen LogP contribution in [0.1, 0.15) is 45.7 Å². The molecule has 0 radical (unpaired) electrons. The van der Waals surface area contributed by atoms with Gasteiger partial charge in [0, 0.05) is 12.0 Å². The van der Waals surface area contributed by atoms with Crippen molar-refractivity contribution in [3.8, 4) is 5.75 Å². The average molecular weight is 368 g/mol. The Balaban J connectivity index is 2.68. The molecule has 0 aromatic heterocycles. The van der Waals surface area contributed by atoms with Crippen LogP contribution in [0.4, 0.5) is 4.79 Å². The predicted octanol–water partition coefficient (Wildman–Crippen LogP) is 4.25. The number of hydrogen-bond donors (Lipinski definition) is 1. The molecule has 1 rings (SSSR count). The molecular formula is C19H29NO4S. The number of amides is 1. The van der Waals surface area contributed by atoms with Gasteiger partial charge in [-0.05, 0) is 57.6 Å². The SMILES string of the molecule is COC(=S)c1ccc(C)cc1OCC(C)(C)CNC(=O)OC(C)(C)C. The van der Waals surface area contributed by atoms with Crippen LogP contribution in [0.25, 0.3) is 0 Å². The number of methoxy groups -OCH3 is 1. The number of ether oxygens (including phenoxy) is 3. The zero-order valence-electron chi connectivity index (χ0n) is 16.2. The molecule has 0 bridgehead atoms. The Morgan fingerprint density at radius 2 is 1.84 bits per heavy atom. The molecule has 0 atom stereocenters. The van der Waals surface area contributed by atoms with Gasteiger partial charge in [0.1, 0.15) is 11.4 Å². The smallest absolute Gasteiger partial charge is 0.407 e. The van der Waals surface area contributed by atoms with Crippen LogP contribution in [-0.2, 0) is 9.47 Å². The second kappa shape index (κ2) is 8.52. The minimum atomic E-state index is -0.517. The third kappa shape index (κ3) is 7.73. The van der Waals surface area contributed by atoms with E-state index in [1.54, 1.807) is 7.11 Å². The molecule has 1 N–H and O–H groups in total. The summed E-state index contributed by atoms with van der Waals surface area (Å²) >= 11 is 5.22. The van der Waals surface area contributed by atoms with Gasteiger partial charge < -0.3 is 19.5 Å². The van der Waals surface area contributed by atoms with Crippen molar-refractivity contribution in [2.45, 2.75) is 47.1 Å². The maximum atomic E-state index is 11.8. The quantitative estimate of drug-likeness (QED) is 0.762. The van der Waals surface area contributed by atoms with Crippen LogP contribution in [0.5, 0.6) is 5.75 Å². The number of rotatable bonds is 6. The number of aryl methyl sites for hydroxylation is 1. The molecule has 0 saturated heterocycles. The van der Waals surface area contributed by atoms with E-state index in [9.17, 15) is 4.79 Å². The zero-order valence-corrected chi connectivity index (χ0v) is 17.0. The molecule has 0 fully saturated rings. The Hall–Kier alpha value is -1.82. The molecule has 25 heavy (non-hydrogen) atoms. The van der Waals surface area contributed by atoms with Gasteiger partial charge in [-0.3, -0.25) is 0 Å². The molecule has 1 amide bonds. The van der Waals surface area contributed by atoms with Gasteiger partial charge in [-0.1, -0.05) is 19.9 Å². The Kier molecular flexibility index (Phi) is 7.23. The zero-order chi connectivity index (χ0) is 19.3. The van der Waals surface area contributed by atoms with Crippen LogP contribution >= 0.6 is 12.2 Å². The van der Waals surface area contributed by atoms with Crippen molar-refractivity contribution >= 4 is 23.4 Å². The number of carbonyl (C=O) groups is 1. The van der Waals surface area contributed by atoms with Gasteiger partial charge in [-0.25, -0.2) is 4.79 Å². The fourth-order valence-corrected chi connectivity index (χ4v) is 2.15. The van der Waals surface area contributed by atoms with Gasteiger partial charge in [0.25, 0.3) is 0 Å². The molecule has 0 aliphatic rings. The van der Waals surface area contributed by atoms with Gasteiger partial charge in [0.2, 0.25) is 0 Å². The first kappa shape index (κ1) is 21.2. The van der Waals surface area contributed by atoms with Crippen LogP contribution in [0.2, 0.25) is 0 Å². The van der Waals surface area contributed by atoms with Crippen molar-refractivity contribution in [3.63, 3.8) is 0 Å². The minimum Gasteiger partial charge on any atom is -0.492 e. The first-order chi connectivity index (χ1) is 11.4. The Morgan fingerprint density at radius 3 is 2.40 bits per heavy atom. The molecule has 6 heteroatoms. The maximum Gasteiger partial charge on any atom is 0.407 e. The lowest BCUT2D eigenvalue weighted by molar-refractivity contribution is 0.0492. The van der Waals surface area contributed by atoms with Crippen molar-refractivity contribution in [1.29, 1.82) is 0 Å². The molecule has 0 aliphatic carbocycles. The van der Waals surface area contributed by atoms with Crippen molar-refractivity contribution in [2.75, 3.05) is 20.3 Å². The molecule has 140 valence electrons. The summed E-state index contributed by atoms with van der Waals surface area (Å²) in [5.41, 5.74) is 1.02. The third-order valence-electron chi connectivity index (χ3n) is 3.27. The molecule has 0 unspecified atom stereocenters. The lowest BCUT2D eigenvalue weighted by Gasteiger charge is -2.27. The summed E-state index contributed by atoms with van der Waals surface area (Å²) in [5.74, 6) is 0.678. The van der Waals surface area contributed by atoms with E-state index in [1.165, 1.54) is 0 Å². The summed E-state index contributed by atoms with van der Waals surface area (Å²) in [6.07, 6.45) is -0.433. The molecule has 0 saturated carbocycles. The number of alkyl carbamates (subject to hydrolysis) is 1. The number of benzene rings is 1. The van der Waals surface area contributed by atoms with E-state index in [4.69, 9.17) is 26.4 Å². The van der Waals surface area contributed by atoms with Crippen LogP contribution < -0.4 is 10.1 Å². The van der Waals surface area contributed by atoms with E-state index in [1.807, 2.05) is 59.7 Å². The molecule has 0 spiro atoms. The second-order valence-corrected chi connectivity index (χ2v) is 8.17. The molecule has 1 aromatic rings. The topological polar surface area (TPSA) is 56.8 Å². The fourth-order valence-electron chi connectivity index (χ4n) is 1.98. The number of nitrogens with one attached hydrogen (secondary N) is 1. The highest BCUT2D eigenvalue weighted by atomic mass is 32.1. The average Bonchev–Trinajstić information content (AvgIpc) is 2.49. The lowest BCUT2D eigenvalue weighted by atomic mass is 9.95. The number of hydrogen-bond acceptors (Lipinski definition) is 5. The largest absolute Gasteiger partial charge is 0.492 e. The van der Waals surface area contributed by atoms with E-state index in [2.05, 4.69) is 5.32 Å². The monoisotopic (exact) mass is 367 g/mol. The van der Waals surface area contributed by atoms with E-state index in [-0.39, 0.29) is 5.41 Å². The highest BCUT2D eigenvalue weighted by molar-refractivity contribution is 7.80. The van der Waals surface area contributed by atoms with Crippen LogP contribution in [-0.4, -0.2) is 37.0 Å². The van der Waals surface area contributed by atoms with Crippen molar-refractivity contribution < 1.29 is 19.0 Å². The highest BCUT2D eigenvalue weighted by Gasteiger charge is 2.23. The van der Waals surface area contributed by atoms with E-state index >= 15 is 0 Å². The molecule has 1 aromatic carbocycles. The summed E-state index contributed by atoms with van der Waals surface area (Å²) < 4.78 is 16.4. The lowest BCUT2D eigenvalue weighted by Crippen LogP contribution is -2.40. The van der Waals surface area contributed by atoms with E-state index < -0.39 is 11.7 Å². The predicted molar refractivity (Wildman–Crippen MR) is 103 cm³/mol. The van der Waals surface area contributed by atoms with Gasteiger partial charge in [0.05, 0.1) is 19.3 Å². The van der Waals surface area contributed by atoms with Gasteiger partial charge in [-0.15, -0.1) is 0 Å². The molecular weight excluding hydrogens is 338 g/mol. The second-order valence-electron chi connectivity index (χ2n) is 7.80. The third-order valence-corrected chi connectivity index (χ3v) is 3.66. The minimum absolute atomic E-state index is 0.285. The van der Waals surface area contributed by atoms with Crippen LogP contribution in [0.15, 0.2) is 18.2 Å². The molecule has 0 heterocycles. The van der Waals surface area contributed by atoms with Crippen LogP contribution in [0.3, 0.4) is 0 Å². The Labute approximate surface area is 156 Å². The van der Waals surface area contributed by atoms with Crippen molar-refractivity contribution in [3.05, 3.63) is 29.3 Å².